The number of carbonyl (C=O) groups excluding carboxylic acids is 1. The van der Waals surface area contributed by atoms with Gasteiger partial charge in [0.05, 0.1) is 12.0 Å². The molecule has 3 nitrogen and oxygen atoms in total. The lowest BCUT2D eigenvalue weighted by Gasteiger charge is -2.11. The lowest BCUT2D eigenvalue weighted by atomic mass is 10.0. The zero-order valence-electron chi connectivity index (χ0n) is 10.0. The van der Waals surface area contributed by atoms with E-state index in [0.717, 1.165) is 6.42 Å². The summed E-state index contributed by atoms with van der Waals surface area (Å²) in [5, 5.41) is 2.92. The number of carbonyl (C=O) groups is 1. The fourth-order valence-corrected chi connectivity index (χ4v) is 2.42. The van der Waals surface area contributed by atoms with Gasteiger partial charge in [-0.1, -0.05) is 12.8 Å². The van der Waals surface area contributed by atoms with Crippen LogP contribution in [0.4, 0.5) is 0 Å². The number of hydrogen-bond donors (Lipinski definition) is 1. The Kier molecular flexibility index (Phi) is 6.81. The van der Waals surface area contributed by atoms with Crippen molar-refractivity contribution in [2.45, 2.75) is 43.9 Å². The lowest BCUT2D eigenvalue weighted by molar-refractivity contribution is -0.121. The van der Waals surface area contributed by atoms with Gasteiger partial charge in [-0.05, 0) is 25.2 Å². The van der Waals surface area contributed by atoms with Crippen molar-refractivity contribution < 1.29 is 9.53 Å². The van der Waals surface area contributed by atoms with E-state index in [0.29, 0.717) is 25.5 Å². The summed E-state index contributed by atoms with van der Waals surface area (Å²) >= 11 is 5.96. The maximum atomic E-state index is 11.6. The van der Waals surface area contributed by atoms with E-state index in [-0.39, 0.29) is 11.3 Å². The normalized spacial score (nSPS) is 18.6. The Morgan fingerprint density at radius 2 is 2.19 bits per heavy atom. The summed E-state index contributed by atoms with van der Waals surface area (Å²) in [6, 6.07) is 0. The number of halogens is 1. The van der Waals surface area contributed by atoms with Gasteiger partial charge in [-0.2, -0.15) is 0 Å². The van der Waals surface area contributed by atoms with Crippen LogP contribution in [0, 0.1) is 5.92 Å². The minimum absolute atomic E-state index is 0.00298. The molecule has 0 aromatic heterocycles. The largest absolute Gasteiger partial charge is 0.383 e. The number of amides is 1. The predicted octanol–water partition coefficient (Wildman–Crippen LogP) is 2.33. The van der Waals surface area contributed by atoms with E-state index in [9.17, 15) is 4.79 Å². The van der Waals surface area contributed by atoms with Gasteiger partial charge in [0.1, 0.15) is 0 Å². The first-order chi connectivity index (χ1) is 7.72. The maximum Gasteiger partial charge on any atom is 0.220 e. The molecule has 1 saturated carbocycles. The fourth-order valence-electron chi connectivity index (χ4n) is 2.18. The molecule has 0 heterocycles. The van der Waals surface area contributed by atoms with Gasteiger partial charge in [0, 0.05) is 20.1 Å². The Balaban J connectivity index is 2.01. The van der Waals surface area contributed by atoms with E-state index in [1.165, 1.54) is 25.7 Å². The van der Waals surface area contributed by atoms with E-state index in [2.05, 4.69) is 5.32 Å². The van der Waals surface area contributed by atoms with Gasteiger partial charge in [0.15, 0.2) is 0 Å². The average Bonchev–Trinajstić information content (AvgIpc) is 2.70. The van der Waals surface area contributed by atoms with E-state index >= 15 is 0 Å². The van der Waals surface area contributed by atoms with E-state index in [1.54, 1.807) is 7.11 Å². The van der Waals surface area contributed by atoms with Gasteiger partial charge < -0.3 is 10.1 Å². The molecule has 4 heteroatoms. The van der Waals surface area contributed by atoms with Crippen molar-refractivity contribution >= 4 is 17.5 Å². The first kappa shape index (κ1) is 13.8. The Labute approximate surface area is 103 Å². The highest BCUT2D eigenvalue weighted by Crippen LogP contribution is 2.27. The predicted molar refractivity (Wildman–Crippen MR) is 65.7 cm³/mol. The molecule has 0 aromatic carbocycles. The highest BCUT2D eigenvalue weighted by molar-refractivity contribution is 6.20. The summed E-state index contributed by atoms with van der Waals surface area (Å²) in [5.41, 5.74) is 0. The molecule has 0 spiro atoms. The molecule has 0 aliphatic heterocycles. The minimum Gasteiger partial charge on any atom is -0.383 e. The Morgan fingerprint density at radius 3 is 2.81 bits per heavy atom. The molecule has 94 valence electrons. The zero-order valence-corrected chi connectivity index (χ0v) is 10.8. The monoisotopic (exact) mass is 247 g/mol. The van der Waals surface area contributed by atoms with E-state index in [4.69, 9.17) is 16.3 Å². The molecule has 1 amide bonds. The molecule has 1 rings (SSSR count). The van der Waals surface area contributed by atoms with Crippen LogP contribution in [0.3, 0.4) is 0 Å². The highest BCUT2D eigenvalue weighted by atomic mass is 35.5. The first-order valence-corrected chi connectivity index (χ1v) is 6.55. The number of methoxy groups -OCH3 is 1. The number of ether oxygens (including phenoxy) is 1. The summed E-state index contributed by atoms with van der Waals surface area (Å²) in [4.78, 5) is 11.6. The van der Waals surface area contributed by atoms with Crippen LogP contribution in [-0.4, -0.2) is 31.5 Å². The molecule has 1 aliphatic carbocycles. The molecule has 1 N–H and O–H groups in total. The van der Waals surface area contributed by atoms with Crippen LogP contribution in [0.2, 0.25) is 0 Å². The van der Waals surface area contributed by atoms with Crippen molar-refractivity contribution in [3.8, 4) is 0 Å². The maximum absolute atomic E-state index is 11.6. The average molecular weight is 248 g/mol. The van der Waals surface area contributed by atoms with Crippen molar-refractivity contribution in [1.82, 2.24) is 5.32 Å². The van der Waals surface area contributed by atoms with Crippen molar-refractivity contribution in [3.63, 3.8) is 0 Å². The first-order valence-electron chi connectivity index (χ1n) is 6.12. The molecule has 0 saturated heterocycles. The smallest absolute Gasteiger partial charge is 0.220 e. The summed E-state index contributed by atoms with van der Waals surface area (Å²) in [6.07, 6.45) is 6.47. The molecule has 0 radical (unpaired) electrons. The standard InChI is InChI=1S/C12H22ClNO2/c1-16-9-11(13)6-7-14-12(15)8-10-4-2-3-5-10/h10-11H,2-9H2,1H3,(H,14,15). The van der Waals surface area contributed by atoms with Crippen LogP contribution in [-0.2, 0) is 9.53 Å². The Bertz CT molecular complexity index is 205. The van der Waals surface area contributed by atoms with E-state index in [1.807, 2.05) is 0 Å². The third kappa shape index (κ3) is 5.71. The highest BCUT2D eigenvalue weighted by Gasteiger charge is 2.18. The van der Waals surface area contributed by atoms with Crippen LogP contribution in [0.1, 0.15) is 38.5 Å². The van der Waals surface area contributed by atoms with Gasteiger partial charge in [-0.15, -0.1) is 11.6 Å². The van der Waals surface area contributed by atoms with Crippen molar-refractivity contribution in [1.29, 1.82) is 0 Å². The number of rotatable bonds is 7. The number of nitrogens with one attached hydrogen (secondary N) is 1. The molecule has 1 aliphatic rings. The van der Waals surface area contributed by atoms with Crippen LogP contribution in [0.15, 0.2) is 0 Å². The third-order valence-electron chi connectivity index (χ3n) is 3.08. The fraction of sp³-hybridized carbons (Fsp3) is 0.917. The summed E-state index contributed by atoms with van der Waals surface area (Å²) < 4.78 is 4.92. The molecule has 1 unspecified atom stereocenters. The van der Waals surface area contributed by atoms with Gasteiger partial charge in [0.2, 0.25) is 5.91 Å². The van der Waals surface area contributed by atoms with Crippen LogP contribution in [0.5, 0.6) is 0 Å². The molecule has 0 aromatic rings. The molecular formula is C12H22ClNO2. The topological polar surface area (TPSA) is 38.3 Å². The SMILES string of the molecule is COCC(Cl)CCNC(=O)CC1CCCC1. The van der Waals surface area contributed by atoms with Crippen LogP contribution >= 0.6 is 11.6 Å². The Hall–Kier alpha value is -0.280. The minimum atomic E-state index is -0.00298. The zero-order chi connectivity index (χ0) is 11.8. The van der Waals surface area contributed by atoms with Crippen LogP contribution in [0.25, 0.3) is 0 Å². The molecule has 1 fully saturated rings. The lowest BCUT2D eigenvalue weighted by Crippen LogP contribution is -2.28. The van der Waals surface area contributed by atoms with Crippen molar-refractivity contribution in [3.05, 3.63) is 0 Å². The van der Waals surface area contributed by atoms with Gasteiger partial charge in [-0.25, -0.2) is 0 Å². The summed E-state index contributed by atoms with van der Waals surface area (Å²) in [6.45, 7) is 1.20. The van der Waals surface area contributed by atoms with Crippen LogP contribution < -0.4 is 5.32 Å². The Morgan fingerprint density at radius 1 is 1.50 bits per heavy atom. The van der Waals surface area contributed by atoms with Gasteiger partial charge in [-0.3, -0.25) is 4.79 Å². The summed E-state index contributed by atoms with van der Waals surface area (Å²) in [7, 11) is 1.63. The quantitative estimate of drug-likeness (QED) is 0.702. The number of alkyl halides is 1. The molecular weight excluding hydrogens is 226 g/mol. The molecule has 0 bridgehead atoms. The van der Waals surface area contributed by atoms with E-state index < -0.39 is 0 Å². The van der Waals surface area contributed by atoms with Crippen molar-refractivity contribution in [2.24, 2.45) is 5.92 Å². The second kappa shape index (κ2) is 7.91. The summed E-state index contributed by atoms with van der Waals surface area (Å²) in [5.74, 6) is 0.791. The third-order valence-corrected chi connectivity index (χ3v) is 3.42. The second-order valence-corrected chi connectivity index (χ2v) is 5.16. The van der Waals surface area contributed by atoms with Gasteiger partial charge >= 0.3 is 0 Å². The second-order valence-electron chi connectivity index (χ2n) is 4.55. The van der Waals surface area contributed by atoms with Gasteiger partial charge in [0.25, 0.3) is 0 Å². The molecule has 16 heavy (non-hydrogen) atoms. The number of hydrogen-bond acceptors (Lipinski definition) is 2. The van der Waals surface area contributed by atoms with Crippen molar-refractivity contribution in [2.75, 3.05) is 20.3 Å². The molecule has 1 atom stereocenters.